The molecule has 0 unspecified atom stereocenters. The van der Waals surface area contributed by atoms with E-state index in [2.05, 4.69) is 0 Å². The number of para-hydroxylation sites is 1. The summed E-state index contributed by atoms with van der Waals surface area (Å²) in [6, 6.07) is 8.39. The summed E-state index contributed by atoms with van der Waals surface area (Å²) in [5.74, 6) is -0.842. The molecule has 102 valence electrons. The molecule has 0 atom stereocenters. The first-order chi connectivity index (χ1) is 9.54. The Bertz CT molecular complexity index is 685. The number of nitro benzene ring substituents is 1. The van der Waals surface area contributed by atoms with Gasteiger partial charge < -0.3 is 4.74 Å². The minimum Gasteiger partial charge on any atom is -0.449 e. The molecule has 5 nitrogen and oxygen atoms in total. The third-order valence-electron chi connectivity index (χ3n) is 2.73. The van der Waals surface area contributed by atoms with E-state index in [1.807, 2.05) is 0 Å². The molecule has 0 heterocycles. The molecule has 0 radical (unpaired) electrons. The van der Waals surface area contributed by atoms with Gasteiger partial charge in [-0.3, -0.25) is 14.9 Å². The fourth-order valence-electron chi connectivity index (χ4n) is 1.79. The van der Waals surface area contributed by atoms with E-state index < -0.39 is 10.7 Å². The van der Waals surface area contributed by atoms with E-state index in [0.717, 1.165) is 6.07 Å². The van der Waals surface area contributed by atoms with Crippen LogP contribution in [0, 0.1) is 22.9 Å². The maximum Gasteiger partial charge on any atom is 0.314 e. The molecule has 0 aliphatic heterocycles. The molecule has 0 fully saturated rings. The Kier molecular flexibility index (Phi) is 3.74. The Morgan fingerprint density at radius 1 is 1.20 bits per heavy atom. The second-order valence-electron chi connectivity index (χ2n) is 4.05. The van der Waals surface area contributed by atoms with Crippen LogP contribution >= 0.6 is 0 Å². The highest BCUT2D eigenvalue weighted by Gasteiger charge is 2.20. The van der Waals surface area contributed by atoms with Crippen molar-refractivity contribution in [3.05, 3.63) is 63.5 Å². The number of halogens is 1. The quantitative estimate of drug-likeness (QED) is 0.485. The Labute approximate surface area is 113 Å². The first-order valence-electron chi connectivity index (χ1n) is 5.70. The molecule has 2 rings (SSSR count). The maximum atomic E-state index is 13.4. The third-order valence-corrected chi connectivity index (χ3v) is 2.73. The summed E-state index contributed by atoms with van der Waals surface area (Å²) in [5.41, 5.74) is -0.0755. The van der Waals surface area contributed by atoms with Crippen LogP contribution in [-0.2, 0) is 0 Å². The molecule has 0 saturated carbocycles. The van der Waals surface area contributed by atoms with Gasteiger partial charge in [-0.1, -0.05) is 18.2 Å². The minimum absolute atomic E-state index is 0.0382. The predicted octanol–water partition coefficient (Wildman–Crippen LogP) is 3.65. The summed E-state index contributed by atoms with van der Waals surface area (Å²) in [4.78, 5) is 21.3. The second-order valence-corrected chi connectivity index (χ2v) is 4.05. The second kappa shape index (κ2) is 5.48. The van der Waals surface area contributed by atoms with E-state index in [-0.39, 0.29) is 22.7 Å². The molecule has 2 aromatic carbocycles. The van der Waals surface area contributed by atoms with Gasteiger partial charge >= 0.3 is 5.69 Å². The monoisotopic (exact) mass is 275 g/mol. The maximum absolute atomic E-state index is 13.4. The molecule has 0 aliphatic rings. The fraction of sp³-hybridized carbons (Fsp3) is 0.0714. The molecular weight excluding hydrogens is 265 g/mol. The van der Waals surface area contributed by atoms with Gasteiger partial charge in [-0.15, -0.1) is 0 Å². The van der Waals surface area contributed by atoms with Crippen LogP contribution in [0.2, 0.25) is 0 Å². The van der Waals surface area contributed by atoms with Gasteiger partial charge in [-0.2, -0.15) is 0 Å². The largest absolute Gasteiger partial charge is 0.449 e. The van der Waals surface area contributed by atoms with Gasteiger partial charge in [0.1, 0.15) is 11.6 Å². The zero-order chi connectivity index (χ0) is 14.7. The van der Waals surface area contributed by atoms with E-state index in [4.69, 9.17) is 4.74 Å². The van der Waals surface area contributed by atoms with E-state index in [1.54, 1.807) is 19.1 Å². The number of nitrogens with zero attached hydrogens (tertiary/aromatic N) is 1. The molecule has 2 aromatic rings. The molecule has 0 aliphatic carbocycles. The van der Waals surface area contributed by atoms with Crippen LogP contribution in [0.1, 0.15) is 15.9 Å². The van der Waals surface area contributed by atoms with Crippen molar-refractivity contribution < 1.29 is 18.8 Å². The standard InChI is InChI=1S/C14H10FNO4/c1-9-4-2-7-13(14(9)16(18)19)20-12-6-3-5-11(15)10(12)8-17/h2-8H,1H3. The Morgan fingerprint density at radius 2 is 1.85 bits per heavy atom. The number of carbonyl (C=O) groups is 1. The molecule has 0 spiro atoms. The third kappa shape index (κ3) is 2.49. The number of aryl methyl sites for hydroxylation is 1. The Balaban J connectivity index is 2.51. The summed E-state index contributed by atoms with van der Waals surface area (Å²) >= 11 is 0. The van der Waals surface area contributed by atoms with Gasteiger partial charge in [0, 0.05) is 5.56 Å². The number of rotatable bonds is 4. The van der Waals surface area contributed by atoms with E-state index in [1.165, 1.54) is 18.2 Å². The highest BCUT2D eigenvalue weighted by molar-refractivity contribution is 5.80. The van der Waals surface area contributed by atoms with Crippen LogP contribution in [0.15, 0.2) is 36.4 Å². The molecule has 6 heteroatoms. The summed E-state index contributed by atoms with van der Waals surface area (Å²) in [5, 5.41) is 11.0. The molecule has 0 saturated heterocycles. The minimum atomic E-state index is -0.743. The highest BCUT2D eigenvalue weighted by atomic mass is 19.1. The van der Waals surface area contributed by atoms with Crippen molar-refractivity contribution in [2.45, 2.75) is 6.92 Å². The zero-order valence-electron chi connectivity index (χ0n) is 10.5. The van der Waals surface area contributed by atoms with Crippen molar-refractivity contribution in [3.8, 4) is 11.5 Å². The number of aldehydes is 1. The SMILES string of the molecule is Cc1cccc(Oc2cccc(F)c2C=O)c1[N+](=O)[O-]. The van der Waals surface area contributed by atoms with Gasteiger partial charge in [-0.25, -0.2) is 4.39 Å². The summed E-state index contributed by atoms with van der Waals surface area (Å²) < 4.78 is 18.8. The first-order valence-corrected chi connectivity index (χ1v) is 5.70. The van der Waals surface area contributed by atoms with Crippen molar-refractivity contribution in [2.24, 2.45) is 0 Å². The normalized spacial score (nSPS) is 10.1. The van der Waals surface area contributed by atoms with Crippen LogP contribution < -0.4 is 4.74 Å². The molecular formula is C14H10FNO4. The number of hydrogen-bond acceptors (Lipinski definition) is 4. The molecule has 0 amide bonds. The lowest BCUT2D eigenvalue weighted by Crippen LogP contribution is -1.98. The van der Waals surface area contributed by atoms with Crippen molar-refractivity contribution in [1.82, 2.24) is 0 Å². The van der Waals surface area contributed by atoms with Crippen LogP contribution in [-0.4, -0.2) is 11.2 Å². The van der Waals surface area contributed by atoms with E-state index >= 15 is 0 Å². The summed E-state index contributed by atoms with van der Waals surface area (Å²) in [6.07, 6.45) is 0.312. The number of ether oxygens (including phenoxy) is 1. The average molecular weight is 275 g/mol. The van der Waals surface area contributed by atoms with Gasteiger partial charge in [0.15, 0.2) is 6.29 Å². The van der Waals surface area contributed by atoms with Gasteiger partial charge in [0.2, 0.25) is 5.75 Å². The van der Waals surface area contributed by atoms with Crippen molar-refractivity contribution in [1.29, 1.82) is 0 Å². The number of carbonyl (C=O) groups excluding carboxylic acids is 1. The van der Waals surface area contributed by atoms with Crippen molar-refractivity contribution in [3.63, 3.8) is 0 Å². The van der Waals surface area contributed by atoms with Crippen LogP contribution in [0.4, 0.5) is 10.1 Å². The zero-order valence-corrected chi connectivity index (χ0v) is 10.5. The smallest absolute Gasteiger partial charge is 0.314 e. The first kappa shape index (κ1) is 13.7. The van der Waals surface area contributed by atoms with Crippen LogP contribution in [0.5, 0.6) is 11.5 Å². The van der Waals surface area contributed by atoms with Crippen molar-refractivity contribution in [2.75, 3.05) is 0 Å². The lowest BCUT2D eigenvalue weighted by Gasteiger charge is -2.09. The average Bonchev–Trinajstić information content (AvgIpc) is 2.38. The Hall–Kier alpha value is -2.76. The predicted molar refractivity (Wildman–Crippen MR) is 69.7 cm³/mol. The van der Waals surface area contributed by atoms with Crippen LogP contribution in [0.3, 0.4) is 0 Å². The van der Waals surface area contributed by atoms with Crippen LogP contribution in [0.25, 0.3) is 0 Å². The van der Waals surface area contributed by atoms with E-state index in [9.17, 15) is 19.3 Å². The van der Waals surface area contributed by atoms with Gasteiger partial charge in [0.05, 0.1) is 10.5 Å². The highest BCUT2D eigenvalue weighted by Crippen LogP contribution is 2.35. The molecule has 20 heavy (non-hydrogen) atoms. The number of benzene rings is 2. The van der Waals surface area contributed by atoms with E-state index in [0.29, 0.717) is 11.8 Å². The Morgan fingerprint density at radius 3 is 2.50 bits per heavy atom. The van der Waals surface area contributed by atoms with Crippen molar-refractivity contribution >= 4 is 12.0 Å². The summed E-state index contributed by atoms with van der Waals surface area (Å²) in [6.45, 7) is 1.57. The lowest BCUT2D eigenvalue weighted by atomic mass is 10.2. The topological polar surface area (TPSA) is 69.4 Å². The fourth-order valence-corrected chi connectivity index (χ4v) is 1.79. The molecule has 0 bridgehead atoms. The summed E-state index contributed by atoms with van der Waals surface area (Å²) in [7, 11) is 0. The molecule has 0 aromatic heterocycles. The lowest BCUT2D eigenvalue weighted by molar-refractivity contribution is -0.386. The van der Waals surface area contributed by atoms with Gasteiger partial charge in [0.25, 0.3) is 0 Å². The van der Waals surface area contributed by atoms with Gasteiger partial charge in [-0.05, 0) is 25.1 Å². The number of hydrogen-bond donors (Lipinski definition) is 0. The molecule has 0 N–H and O–H groups in total. The number of nitro groups is 1.